The molecule has 0 aliphatic heterocycles. The van der Waals surface area contributed by atoms with Gasteiger partial charge in [0.2, 0.25) is 0 Å². The summed E-state index contributed by atoms with van der Waals surface area (Å²) in [6, 6.07) is 7.33. The number of aliphatic hydroxyl groups excluding tert-OH is 2. The highest BCUT2D eigenvalue weighted by molar-refractivity contribution is 5.39. The average molecular weight is 240 g/mol. The van der Waals surface area contributed by atoms with Gasteiger partial charge in [0.1, 0.15) is 12.7 Å². The van der Waals surface area contributed by atoms with Gasteiger partial charge in [0.15, 0.2) is 11.5 Å². The van der Waals surface area contributed by atoms with Gasteiger partial charge in [-0.2, -0.15) is 0 Å². The number of hydrogen-bond acceptors (Lipinski definition) is 4. The lowest BCUT2D eigenvalue weighted by Gasteiger charge is -2.14. The van der Waals surface area contributed by atoms with Crippen LogP contribution in [0.3, 0.4) is 0 Å². The fourth-order valence-electron chi connectivity index (χ4n) is 1.25. The Morgan fingerprint density at radius 2 is 1.82 bits per heavy atom. The highest BCUT2D eigenvalue weighted by atomic mass is 16.5. The van der Waals surface area contributed by atoms with E-state index in [-0.39, 0.29) is 13.2 Å². The highest BCUT2D eigenvalue weighted by Gasteiger charge is 2.07. The normalized spacial score (nSPS) is 12.2. The molecule has 0 amide bonds. The van der Waals surface area contributed by atoms with Gasteiger partial charge >= 0.3 is 0 Å². The molecule has 0 bridgehead atoms. The molecule has 0 fully saturated rings. The minimum Gasteiger partial charge on any atom is -0.490 e. The van der Waals surface area contributed by atoms with Crippen LogP contribution in [-0.2, 0) is 0 Å². The fourth-order valence-corrected chi connectivity index (χ4v) is 1.25. The minimum absolute atomic E-state index is 0.0602. The van der Waals surface area contributed by atoms with Gasteiger partial charge in [-0.05, 0) is 18.6 Å². The van der Waals surface area contributed by atoms with Crippen molar-refractivity contribution in [2.24, 2.45) is 0 Å². The van der Waals surface area contributed by atoms with Gasteiger partial charge in [0, 0.05) is 0 Å². The summed E-state index contributed by atoms with van der Waals surface area (Å²) < 4.78 is 11.0. The smallest absolute Gasteiger partial charge is 0.161 e. The quantitative estimate of drug-likeness (QED) is 0.678. The molecule has 1 atom stereocenters. The number of aliphatic hydroxyl groups is 2. The first-order valence-corrected chi connectivity index (χ1v) is 5.91. The number of para-hydroxylation sites is 2. The van der Waals surface area contributed by atoms with Crippen molar-refractivity contribution in [2.75, 3.05) is 19.8 Å². The van der Waals surface area contributed by atoms with Crippen LogP contribution < -0.4 is 9.47 Å². The lowest BCUT2D eigenvalue weighted by molar-refractivity contribution is 0.0524. The Hall–Kier alpha value is -1.26. The van der Waals surface area contributed by atoms with Gasteiger partial charge in [0.05, 0.1) is 13.2 Å². The molecule has 96 valence electrons. The Balaban J connectivity index is 2.51. The van der Waals surface area contributed by atoms with E-state index in [1.54, 1.807) is 6.07 Å². The van der Waals surface area contributed by atoms with Crippen molar-refractivity contribution in [3.8, 4) is 11.5 Å². The van der Waals surface area contributed by atoms with Crippen LogP contribution in [0.4, 0.5) is 0 Å². The van der Waals surface area contributed by atoms with Gasteiger partial charge in [-0.25, -0.2) is 0 Å². The first-order valence-electron chi connectivity index (χ1n) is 5.91. The second-order valence-electron chi connectivity index (χ2n) is 3.80. The number of ether oxygens (including phenoxy) is 2. The zero-order valence-corrected chi connectivity index (χ0v) is 10.1. The van der Waals surface area contributed by atoms with Crippen molar-refractivity contribution in [1.29, 1.82) is 0 Å². The maximum atomic E-state index is 9.21. The molecule has 1 aromatic carbocycles. The first kappa shape index (κ1) is 13.8. The molecule has 4 nitrogen and oxygen atoms in total. The van der Waals surface area contributed by atoms with E-state index in [4.69, 9.17) is 14.6 Å². The molecule has 0 heterocycles. The Morgan fingerprint density at radius 1 is 1.18 bits per heavy atom. The summed E-state index contributed by atoms with van der Waals surface area (Å²) in [5, 5.41) is 17.9. The minimum atomic E-state index is -0.862. The standard InChI is InChI=1S/C13H20O4/c1-2-3-8-16-12-6-4-5-7-13(12)17-10-11(15)9-14/h4-7,11,14-15H,2-3,8-10H2,1H3. The third-order valence-electron chi connectivity index (χ3n) is 2.25. The third-order valence-corrected chi connectivity index (χ3v) is 2.25. The summed E-state index contributed by atoms with van der Waals surface area (Å²) in [7, 11) is 0. The zero-order valence-electron chi connectivity index (χ0n) is 10.1. The Bertz CT molecular complexity index is 314. The predicted octanol–water partition coefficient (Wildman–Crippen LogP) is 1.60. The summed E-state index contributed by atoms with van der Waals surface area (Å²) in [6.45, 7) is 2.51. The number of rotatable bonds is 8. The maximum absolute atomic E-state index is 9.21. The molecule has 0 aromatic heterocycles. The van der Waals surface area contributed by atoms with Crippen LogP contribution in [0, 0.1) is 0 Å². The second kappa shape index (κ2) is 7.92. The number of unbranched alkanes of at least 4 members (excludes halogenated alkanes) is 1. The van der Waals surface area contributed by atoms with Gasteiger partial charge in [-0.3, -0.25) is 0 Å². The summed E-state index contributed by atoms with van der Waals surface area (Å²) in [6.07, 6.45) is 1.21. The molecule has 4 heteroatoms. The molecule has 1 unspecified atom stereocenters. The van der Waals surface area contributed by atoms with Crippen LogP contribution in [0.2, 0.25) is 0 Å². The molecule has 0 aliphatic carbocycles. The molecular formula is C13H20O4. The largest absolute Gasteiger partial charge is 0.490 e. The second-order valence-corrected chi connectivity index (χ2v) is 3.80. The van der Waals surface area contributed by atoms with E-state index in [2.05, 4.69) is 6.92 Å². The summed E-state index contributed by atoms with van der Waals surface area (Å²) in [4.78, 5) is 0. The average Bonchev–Trinajstić information content (AvgIpc) is 2.37. The number of benzene rings is 1. The lowest BCUT2D eigenvalue weighted by atomic mass is 10.3. The van der Waals surface area contributed by atoms with Crippen LogP contribution in [-0.4, -0.2) is 36.1 Å². The van der Waals surface area contributed by atoms with E-state index >= 15 is 0 Å². The summed E-state index contributed by atoms with van der Waals surface area (Å²) >= 11 is 0. The van der Waals surface area contributed by atoms with Gasteiger partial charge in [-0.15, -0.1) is 0 Å². The van der Waals surface area contributed by atoms with E-state index in [1.165, 1.54) is 0 Å². The van der Waals surface area contributed by atoms with Crippen molar-refractivity contribution in [2.45, 2.75) is 25.9 Å². The van der Waals surface area contributed by atoms with Crippen molar-refractivity contribution in [3.63, 3.8) is 0 Å². The molecule has 0 aliphatic rings. The van der Waals surface area contributed by atoms with Gasteiger partial charge in [-0.1, -0.05) is 25.5 Å². The van der Waals surface area contributed by atoms with E-state index in [0.717, 1.165) is 12.8 Å². The van der Waals surface area contributed by atoms with Crippen LogP contribution in [0.15, 0.2) is 24.3 Å². The topological polar surface area (TPSA) is 58.9 Å². The Labute approximate surface area is 102 Å². The van der Waals surface area contributed by atoms with E-state index < -0.39 is 6.10 Å². The maximum Gasteiger partial charge on any atom is 0.161 e. The van der Waals surface area contributed by atoms with Crippen molar-refractivity contribution in [3.05, 3.63) is 24.3 Å². The van der Waals surface area contributed by atoms with Gasteiger partial charge < -0.3 is 19.7 Å². The van der Waals surface area contributed by atoms with Crippen LogP contribution in [0.25, 0.3) is 0 Å². The molecule has 0 radical (unpaired) electrons. The molecule has 1 rings (SSSR count). The van der Waals surface area contributed by atoms with Crippen molar-refractivity contribution in [1.82, 2.24) is 0 Å². The van der Waals surface area contributed by atoms with Crippen LogP contribution in [0.1, 0.15) is 19.8 Å². The summed E-state index contributed by atoms with van der Waals surface area (Å²) in [5.41, 5.74) is 0. The molecule has 1 aromatic rings. The van der Waals surface area contributed by atoms with Crippen LogP contribution >= 0.6 is 0 Å². The van der Waals surface area contributed by atoms with E-state index in [1.807, 2.05) is 18.2 Å². The third kappa shape index (κ3) is 5.06. The molecule has 2 N–H and O–H groups in total. The Kier molecular flexibility index (Phi) is 6.43. The van der Waals surface area contributed by atoms with Gasteiger partial charge in [0.25, 0.3) is 0 Å². The zero-order chi connectivity index (χ0) is 12.5. The molecule has 17 heavy (non-hydrogen) atoms. The lowest BCUT2D eigenvalue weighted by Crippen LogP contribution is -2.21. The van der Waals surface area contributed by atoms with Crippen molar-refractivity contribution >= 4 is 0 Å². The Morgan fingerprint density at radius 3 is 2.41 bits per heavy atom. The molecular weight excluding hydrogens is 220 g/mol. The molecule has 0 saturated carbocycles. The predicted molar refractivity (Wildman–Crippen MR) is 65.4 cm³/mol. The first-order chi connectivity index (χ1) is 8.27. The van der Waals surface area contributed by atoms with E-state index in [0.29, 0.717) is 18.1 Å². The number of hydrogen-bond donors (Lipinski definition) is 2. The fraction of sp³-hybridized carbons (Fsp3) is 0.538. The summed E-state index contributed by atoms with van der Waals surface area (Å²) in [5.74, 6) is 1.27. The SMILES string of the molecule is CCCCOc1ccccc1OCC(O)CO. The molecule has 0 saturated heterocycles. The van der Waals surface area contributed by atoms with Crippen molar-refractivity contribution < 1.29 is 19.7 Å². The highest BCUT2D eigenvalue weighted by Crippen LogP contribution is 2.26. The monoisotopic (exact) mass is 240 g/mol. The molecule has 0 spiro atoms. The van der Waals surface area contributed by atoms with E-state index in [9.17, 15) is 5.11 Å². The van der Waals surface area contributed by atoms with Crippen LogP contribution in [0.5, 0.6) is 11.5 Å².